The Labute approximate surface area is 153 Å². The zero-order chi connectivity index (χ0) is 18.5. The van der Waals surface area contributed by atoms with E-state index in [1.54, 1.807) is 65.2 Å². The molecule has 0 aliphatic carbocycles. The Hall–Kier alpha value is -3.93. The number of rotatable bonds is 3. The highest BCUT2D eigenvalue weighted by atomic mass is 16.3. The van der Waals surface area contributed by atoms with E-state index in [4.69, 9.17) is 4.42 Å². The number of carbonyl (C=O) groups is 3. The van der Waals surface area contributed by atoms with Crippen LogP contribution in [-0.4, -0.2) is 22.0 Å². The van der Waals surface area contributed by atoms with Crippen LogP contribution >= 0.6 is 0 Å². The molecular weight excluding hydrogens is 344 g/mol. The molecule has 4 heterocycles. The monoisotopic (exact) mass is 356 g/mol. The number of amides is 2. The molecule has 2 amide bonds. The zero-order valence-corrected chi connectivity index (χ0v) is 14.0. The van der Waals surface area contributed by atoms with Gasteiger partial charge in [-0.25, -0.2) is 4.90 Å². The number of para-hydroxylation sites is 1. The topological polar surface area (TPSA) is 72.0 Å². The SMILES string of the molecule is O=C(c1ccco1)c1c2c(c3ccccn13)C(=O)N(c1ccccc1)C2=O. The van der Waals surface area contributed by atoms with E-state index in [-0.39, 0.29) is 22.6 Å². The third-order valence-electron chi connectivity index (χ3n) is 4.65. The number of hydrogen-bond donors (Lipinski definition) is 0. The van der Waals surface area contributed by atoms with Gasteiger partial charge in [-0.3, -0.25) is 14.4 Å². The molecule has 1 aliphatic rings. The largest absolute Gasteiger partial charge is 0.461 e. The van der Waals surface area contributed by atoms with Crippen LogP contribution in [0, 0.1) is 0 Å². The Balaban J connectivity index is 1.79. The predicted octanol–water partition coefficient (Wildman–Crippen LogP) is 3.56. The third kappa shape index (κ3) is 2.04. The minimum absolute atomic E-state index is 0.108. The fourth-order valence-corrected chi connectivity index (χ4v) is 3.51. The quantitative estimate of drug-likeness (QED) is 0.416. The van der Waals surface area contributed by atoms with Crippen molar-refractivity contribution in [2.75, 3.05) is 4.90 Å². The van der Waals surface area contributed by atoms with Gasteiger partial charge < -0.3 is 8.82 Å². The predicted molar refractivity (Wildman–Crippen MR) is 97.1 cm³/mol. The summed E-state index contributed by atoms with van der Waals surface area (Å²) in [5, 5.41) is 0. The van der Waals surface area contributed by atoms with E-state index in [0.717, 1.165) is 4.90 Å². The lowest BCUT2D eigenvalue weighted by Crippen LogP contribution is -2.30. The highest BCUT2D eigenvalue weighted by molar-refractivity contribution is 6.39. The average Bonchev–Trinajstić information content (AvgIpc) is 3.39. The Morgan fingerprint density at radius 3 is 2.30 bits per heavy atom. The molecule has 6 heteroatoms. The number of benzene rings is 1. The van der Waals surface area contributed by atoms with Gasteiger partial charge in [-0.05, 0) is 36.4 Å². The minimum atomic E-state index is -0.514. The van der Waals surface area contributed by atoms with Crippen LogP contribution < -0.4 is 4.90 Å². The summed E-state index contributed by atoms with van der Waals surface area (Å²) in [7, 11) is 0. The number of imide groups is 1. The lowest BCUT2D eigenvalue weighted by atomic mass is 10.1. The molecule has 4 aromatic rings. The van der Waals surface area contributed by atoms with Gasteiger partial charge >= 0.3 is 0 Å². The molecule has 1 aromatic carbocycles. The first-order valence-electron chi connectivity index (χ1n) is 8.33. The summed E-state index contributed by atoms with van der Waals surface area (Å²) in [6.45, 7) is 0. The molecule has 0 N–H and O–H groups in total. The maximum absolute atomic E-state index is 13.2. The van der Waals surface area contributed by atoms with Crippen LogP contribution in [0.1, 0.15) is 37.0 Å². The van der Waals surface area contributed by atoms with Crippen LogP contribution in [0.15, 0.2) is 77.5 Å². The smallest absolute Gasteiger partial charge is 0.268 e. The summed E-state index contributed by atoms with van der Waals surface area (Å²) >= 11 is 0. The Morgan fingerprint density at radius 2 is 1.56 bits per heavy atom. The summed E-state index contributed by atoms with van der Waals surface area (Å²) in [5.74, 6) is -1.29. The van der Waals surface area contributed by atoms with E-state index >= 15 is 0 Å². The second kappa shape index (κ2) is 5.54. The number of nitrogens with zero attached hydrogens (tertiary/aromatic N) is 2. The fourth-order valence-electron chi connectivity index (χ4n) is 3.51. The summed E-state index contributed by atoms with van der Waals surface area (Å²) in [5.41, 5.74) is 1.46. The van der Waals surface area contributed by atoms with E-state index < -0.39 is 17.6 Å². The first kappa shape index (κ1) is 15.3. The van der Waals surface area contributed by atoms with Crippen LogP contribution in [0.4, 0.5) is 5.69 Å². The van der Waals surface area contributed by atoms with Crippen LogP contribution in [0.3, 0.4) is 0 Å². The molecule has 0 spiro atoms. The molecule has 0 saturated carbocycles. The average molecular weight is 356 g/mol. The second-order valence-electron chi connectivity index (χ2n) is 6.14. The number of fused-ring (bicyclic) bond motifs is 3. The summed E-state index contributed by atoms with van der Waals surface area (Å²) in [6, 6.07) is 17.0. The van der Waals surface area contributed by atoms with Gasteiger partial charge in [-0.2, -0.15) is 0 Å². The molecule has 130 valence electrons. The number of aromatic nitrogens is 1. The molecular formula is C21H12N2O4. The summed E-state index contributed by atoms with van der Waals surface area (Å²) < 4.78 is 6.81. The van der Waals surface area contributed by atoms with Crippen molar-refractivity contribution < 1.29 is 18.8 Å². The molecule has 3 aromatic heterocycles. The highest BCUT2D eigenvalue weighted by Gasteiger charge is 2.44. The summed E-state index contributed by atoms with van der Waals surface area (Å²) in [4.78, 5) is 40.4. The number of hydrogen-bond acceptors (Lipinski definition) is 4. The molecule has 1 aliphatic heterocycles. The number of ketones is 1. The van der Waals surface area contributed by atoms with Gasteiger partial charge in [0.2, 0.25) is 5.78 Å². The van der Waals surface area contributed by atoms with Crippen molar-refractivity contribution >= 4 is 28.8 Å². The minimum Gasteiger partial charge on any atom is -0.461 e. The molecule has 27 heavy (non-hydrogen) atoms. The van der Waals surface area contributed by atoms with Gasteiger partial charge in [-0.1, -0.05) is 24.3 Å². The van der Waals surface area contributed by atoms with Crippen molar-refractivity contribution in [1.82, 2.24) is 4.40 Å². The zero-order valence-electron chi connectivity index (χ0n) is 14.0. The number of furan rings is 1. The van der Waals surface area contributed by atoms with Gasteiger partial charge in [0.15, 0.2) is 5.76 Å². The van der Waals surface area contributed by atoms with Crippen LogP contribution in [-0.2, 0) is 0 Å². The third-order valence-corrected chi connectivity index (χ3v) is 4.65. The highest BCUT2D eigenvalue weighted by Crippen LogP contribution is 2.35. The maximum Gasteiger partial charge on any atom is 0.268 e. The number of carbonyl (C=O) groups excluding carboxylic acids is 3. The first-order chi connectivity index (χ1) is 13.2. The maximum atomic E-state index is 13.2. The standard InChI is InChI=1S/C21H12N2O4/c24-19(15-10-6-12-27-15)18-17-16(14-9-4-5-11-22(14)18)20(25)23(21(17)26)13-7-2-1-3-8-13/h1-12H. The lowest BCUT2D eigenvalue weighted by Gasteiger charge is -2.15. The first-order valence-corrected chi connectivity index (χ1v) is 8.33. The van der Waals surface area contributed by atoms with Crippen molar-refractivity contribution in [3.05, 3.63) is 95.7 Å². The number of anilines is 1. The van der Waals surface area contributed by atoms with Gasteiger partial charge in [0.25, 0.3) is 11.8 Å². The van der Waals surface area contributed by atoms with E-state index in [1.807, 2.05) is 0 Å². The number of pyridine rings is 1. The fraction of sp³-hybridized carbons (Fsp3) is 0. The molecule has 0 fully saturated rings. The molecule has 0 atom stereocenters. The van der Waals surface area contributed by atoms with E-state index in [2.05, 4.69) is 0 Å². The molecule has 6 nitrogen and oxygen atoms in total. The molecule has 0 unspecified atom stereocenters. The van der Waals surface area contributed by atoms with Crippen molar-refractivity contribution in [3.8, 4) is 0 Å². The second-order valence-corrected chi connectivity index (χ2v) is 6.14. The van der Waals surface area contributed by atoms with Crippen molar-refractivity contribution in [2.24, 2.45) is 0 Å². The lowest BCUT2D eigenvalue weighted by molar-refractivity contribution is 0.0917. The van der Waals surface area contributed by atoms with Crippen LogP contribution in [0.5, 0.6) is 0 Å². The molecule has 5 rings (SSSR count). The van der Waals surface area contributed by atoms with E-state index in [1.165, 1.54) is 12.3 Å². The van der Waals surface area contributed by atoms with Crippen molar-refractivity contribution in [3.63, 3.8) is 0 Å². The van der Waals surface area contributed by atoms with Crippen molar-refractivity contribution in [2.45, 2.75) is 0 Å². The Morgan fingerprint density at radius 1 is 0.815 bits per heavy atom. The molecule has 0 bridgehead atoms. The normalized spacial score (nSPS) is 13.4. The molecule has 0 radical (unpaired) electrons. The van der Waals surface area contributed by atoms with Crippen LogP contribution in [0.2, 0.25) is 0 Å². The van der Waals surface area contributed by atoms with Gasteiger partial charge in [0, 0.05) is 6.20 Å². The Kier molecular flexibility index (Phi) is 3.14. The summed E-state index contributed by atoms with van der Waals surface area (Å²) in [6.07, 6.45) is 3.06. The van der Waals surface area contributed by atoms with E-state index in [9.17, 15) is 14.4 Å². The van der Waals surface area contributed by atoms with Crippen LogP contribution in [0.25, 0.3) is 5.52 Å². The van der Waals surface area contributed by atoms with Crippen molar-refractivity contribution in [1.29, 1.82) is 0 Å². The van der Waals surface area contributed by atoms with Gasteiger partial charge in [0.05, 0.1) is 28.6 Å². The Bertz CT molecular complexity index is 1220. The van der Waals surface area contributed by atoms with Gasteiger partial charge in [-0.15, -0.1) is 0 Å². The van der Waals surface area contributed by atoms with Gasteiger partial charge in [0.1, 0.15) is 5.69 Å². The van der Waals surface area contributed by atoms with E-state index in [0.29, 0.717) is 11.2 Å². The molecule has 0 saturated heterocycles.